The van der Waals surface area contributed by atoms with Crippen LogP contribution in [0.5, 0.6) is 0 Å². The normalized spacial score (nSPS) is 29.3. The number of thioether (sulfide) groups is 1. The second kappa shape index (κ2) is 11.1. The van der Waals surface area contributed by atoms with E-state index in [1.807, 2.05) is 13.8 Å². The molecule has 2 heterocycles. The highest BCUT2D eigenvalue weighted by Crippen LogP contribution is 2.45. The molecule has 0 amide bonds. The van der Waals surface area contributed by atoms with Gasteiger partial charge in [0.15, 0.2) is 34.2 Å². The monoisotopic (exact) mass is 551 g/mol. The van der Waals surface area contributed by atoms with Crippen molar-refractivity contribution in [2.75, 3.05) is 35.3 Å². The number of nitrogen functional groups attached to an aromatic ring is 1. The predicted molar refractivity (Wildman–Crippen MR) is 141 cm³/mol. The number of hydrogen-bond donors (Lipinski definition) is 4. The van der Waals surface area contributed by atoms with Crippen molar-refractivity contribution in [3.05, 3.63) is 35.4 Å². The van der Waals surface area contributed by atoms with Crippen LogP contribution in [-0.2, 0) is 14.2 Å². The molecule has 0 radical (unpaired) electrons. The fourth-order valence-electron chi connectivity index (χ4n) is 5.19. The molecule has 1 aliphatic heterocycles. The summed E-state index contributed by atoms with van der Waals surface area (Å²) in [5, 5.41) is 16.7. The molecule has 3 fully saturated rings. The van der Waals surface area contributed by atoms with Gasteiger partial charge in [-0.15, -0.1) is 0 Å². The van der Waals surface area contributed by atoms with E-state index in [-0.39, 0.29) is 49.5 Å². The summed E-state index contributed by atoms with van der Waals surface area (Å²) in [5.74, 6) is -0.589. The molecular formula is C26H35F2N5O4S. The molecule has 208 valence electrons. The molecule has 12 heteroatoms. The van der Waals surface area contributed by atoms with Crippen LogP contribution in [0.1, 0.15) is 51.5 Å². The van der Waals surface area contributed by atoms with Gasteiger partial charge in [-0.2, -0.15) is 0 Å². The van der Waals surface area contributed by atoms with Gasteiger partial charge >= 0.3 is 0 Å². The standard InChI is InChI=1S/C26H35F2N5O4S/c1-4-9-38-25-32-23(30-17-11-14(17)13-5-6-15(27)16(28)10-13)20(29)24(33-25)31-18-12-19(35-8-7-34)22-21(18)36-26(2,3)37-22/h5-6,10,14,17-19,21-22,34H,4,7-9,11-12,29H2,1-3H3,(H2,30,31,32,33)/t14?,17-,18?,19?,21+,22-/m1/s1. The molecule has 0 spiro atoms. The van der Waals surface area contributed by atoms with Gasteiger partial charge in [-0.25, -0.2) is 18.7 Å². The number of aliphatic hydroxyl groups excluding tert-OH is 1. The van der Waals surface area contributed by atoms with Gasteiger partial charge in [0.05, 0.1) is 25.4 Å². The van der Waals surface area contributed by atoms with Crippen LogP contribution in [0.4, 0.5) is 26.1 Å². The van der Waals surface area contributed by atoms with E-state index in [9.17, 15) is 13.9 Å². The number of anilines is 3. The molecule has 1 saturated heterocycles. The minimum atomic E-state index is -0.856. The van der Waals surface area contributed by atoms with Crippen LogP contribution in [0.25, 0.3) is 0 Å². The number of rotatable bonds is 11. The van der Waals surface area contributed by atoms with Gasteiger partial charge < -0.3 is 35.7 Å². The number of nitrogens with two attached hydrogens (primary N) is 1. The fraction of sp³-hybridized carbons (Fsp3) is 0.615. The first-order chi connectivity index (χ1) is 18.2. The van der Waals surface area contributed by atoms with E-state index in [0.29, 0.717) is 28.9 Å². The first kappa shape index (κ1) is 27.3. The first-order valence-electron chi connectivity index (χ1n) is 13.1. The Morgan fingerprint density at radius 3 is 2.50 bits per heavy atom. The van der Waals surface area contributed by atoms with Gasteiger partial charge in [-0.1, -0.05) is 24.8 Å². The molecule has 9 nitrogen and oxygen atoms in total. The molecule has 0 bridgehead atoms. The summed E-state index contributed by atoms with van der Waals surface area (Å²) in [7, 11) is 0. The largest absolute Gasteiger partial charge is 0.394 e. The molecule has 6 atom stereocenters. The van der Waals surface area contributed by atoms with E-state index in [1.165, 1.54) is 17.8 Å². The quantitative estimate of drug-likeness (QED) is 0.242. The maximum atomic E-state index is 13.8. The van der Waals surface area contributed by atoms with Gasteiger partial charge in [-0.3, -0.25) is 0 Å². The highest BCUT2D eigenvalue weighted by Gasteiger charge is 2.55. The molecule has 3 unspecified atom stereocenters. The second-order valence-corrected chi connectivity index (χ2v) is 11.5. The fourth-order valence-corrected chi connectivity index (χ4v) is 5.88. The lowest BCUT2D eigenvalue weighted by Crippen LogP contribution is -2.35. The molecule has 2 aromatic rings. The van der Waals surface area contributed by atoms with Crippen molar-refractivity contribution in [2.24, 2.45) is 0 Å². The summed E-state index contributed by atoms with van der Waals surface area (Å²) in [6.45, 7) is 5.96. The van der Waals surface area contributed by atoms with Crippen LogP contribution in [0.15, 0.2) is 23.4 Å². The zero-order valence-corrected chi connectivity index (χ0v) is 22.6. The number of benzene rings is 1. The van der Waals surface area contributed by atoms with E-state index in [1.54, 1.807) is 6.07 Å². The van der Waals surface area contributed by atoms with Crippen molar-refractivity contribution in [3.8, 4) is 0 Å². The van der Waals surface area contributed by atoms with Crippen LogP contribution >= 0.6 is 11.8 Å². The van der Waals surface area contributed by atoms with Gasteiger partial charge in [0.2, 0.25) is 0 Å². The molecular weight excluding hydrogens is 516 g/mol. The predicted octanol–water partition coefficient (Wildman–Crippen LogP) is 3.89. The van der Waals surface area contributed by atoms with Crippen molar-refractivity contribution in [3.63, 3.8) is 0 Å². The highest BCUT2D eigenvalue weighted by molar-refractivity contribution is 7.99. The third-order valence-electron chi connectivity index (χ3n) is 7.00. The number of halogens is 2. The third kappa shape index (κ3) is 5.84. The Balaban J connectivity index is 1.35. The Bertz CT molecular complexity index is 1160. The Morgan fingerprint density at radius 1 is 1.11 bits per heavy atom. The molecule has 2 aliphatic carbocycles. The van der Waals surface area contributed by atoms with Gasteiger partial charge in [-0.05, 0) is 50.8 Å². The molecule has 1 aromatic carbocycles. The van der Waals surface area contributed by atoms with Crippen LogP contribution in [0.3, 0.4) is 0 Å². The number of nitrogens with zero attached hydrogens (tertiary/aromatic N) is 2. The van der Waals surface area contributed by atoms with Crippen molar-refractivity contribution < 1.29 is 28.1 Å². The summed E-state index contributed by atoms with van der Waals surface area (Å²) in [6.07, 6.45) is 1.49. The van der Waals surface area contributed by atoms with Crippen molar-refractivity contribution >= 4 is 29.1 Å². The number of ether oxygens (including phenoxy) is 3. The SMILES string of the molecule is CCCSc1nc(NC2CC(OCCO)[C@H]3OC(C)(C)O[C@@H]23)c(N)c(N[C@@H]2CC2c2ccc(F)c(F)c2)n1. The Morgan fingerprint density at radius 2 is 1.82 bits per heavy atom. The number of fused-ring (bicyclic) bond motifs is 1. The molecule has 5 N–H and O–H groups in total. The zero-order valence-electron chi connectivity index (χ0n) is 21.7. The number of hydrogen-bond acceptors (Lipinski definition) is 10. The molecule has 3 aliphatic rings. The zero-order chi connectivity index (χ0) is 27.0. The Hall–Kier alpha value is -2.25. The van der Waals surface area contributed by atoms with E-state index < -0.39 is 17.4 Å². The summed E-state index contributed by atoms with van der Waals surface area (Å²) in [5.41, 5.74) is 7.67. The molecule has 2 saturated carbocycles. The first-order valence-corrected chi connectivity index (χ1v) is 14.0. The van der Waals surface area contributed by atoms with E-state index in [2.05, 4.69) is 22.5 Å². The maximum Gasteiger partial charge on any atom is 0.191 e. The van der Waals surface area contributed by atoms with Crippen molar-refractivity contribution in [1.82, 2.24) is 9.97 Å². The Kier molecular flexibility index (Phi) is 7.97. The molecule has 5 rings (SSSR count). The van der Waals surface area contributed by atoms with Crippen LogP contribution in [-0.4, -0.2) is 70.2 Å². The molecule has 1 aromatic heterocycles. The lowest BCUT2D eigenvalue weighted by Gasteiger charge is -2.25. The van der Waals surface area contributed by atoms with Crippen LogP contribution < -0.4 is 16.4 Å². The van der Waals surface area contributed by atoms with Gasteiger partial charge in [0.25, 0.3) is 0 Å². The van der Waals surface area contributed by atoms with E-state index in [4.69, 9.17) is 24.9 Å². The lowest BCUT2D eigenvalue weighted by molar-refractivity contribution is -0.167. The van der Waals surface area contributed by atoms with Crippen LogP contribution in [0, 0.1) is 11.6 Å². The number of aliphatic hydroxyl groups is 1. The lowest BCUT2D eigenvalue weighted by atomic mass is 10.1. The minimum Gasteiger partial charge on any atom is -0.394 e. The smallest absolute Gasteiger partial charge is 0.191 e. The average molecular weight is 552 g/mol. The number of aromatic nitrogens is 2. The topological polar surface area (TPSA) is 124 Å². The van der Waals surface area contributed by atoms with Crippen molar-refractivity contribution in [1.29, 1.82) is 0 Å². The number of nitrogens with one attached hydrogen (secondary N) is 2. The summed E-state index contributed by atoms with van der Waals surface area (Å²) in [6, 6.07) is 3.82. The Labute approximate surface area is 225 Å². The van der Waals surface area contributed by atoms with E-state index >= 15 is 0 Å². The second-order valence-electron chi connectivity index (χ2n) is 10.4. The highest BCUT2D eigenvalue weighted by atomic mass is 32.2. The summed E-state index contributed by atoms with van der Waals surface area (Å²) < 4.78 is 45.3. The maximum absolute atomic E-state index is 13.8. The third-order valence-corrected chi connectivity index (χ3v) is 8.06. The molecule has 38 heavy (non-hydrogen) atoms. The van der Waals surface area contributed by atoms with E-state index in [0.717, 1.165) is 30.2 Å². The van der Waals surface area contributed by atoms with Gasteiger partial charge in [0.1, 0.15) is 17.9 Å². The minimum absolute atomic E-state index is 0.00609. The van der Waals surface area contributed by atoms with Crippen molar-refractivity contribution in [2.45, 2.75) is 87.3 Å². The van der Waals surface area contributed by atoms with Gasteiger partial charge in [0, 0.05) is 17.7 Å². The average Bonchev–Trinajstić information content (AvgIpc) is 3.47. The summed E-state index contributed by atoms with van der Waals surface area (Å²) >= 11 is 1.54. The van der Waals surface area contributed by atoms with Crippen LogP contribution in [0.2, 0.25) is 0 Å². The summed E-state index contributed by atoms with van der Waals surface area (Å²) in [4.78, 5) is 9.37.